The first-order chi connectivity index (χ1) is 10.6. The number of aliphatic hydroxyl groups excluding tert-OH is 1. The van der Waals surface area contributed by atoms with Crippen molar-refractivity contribution in [1.29, 1.82) is 0 Å². The van der Waals surface area contributed by atoms with E-state index in [1.165, 1.54) is 38.3 Å². The zero-order chi connectivity index (χ0) is 15.7. The molecule has 1 aliphatic heterocycles. The summed E-state index contributed by atoms with van der Waals surface area (Å²) in [7, 11) is 0. The van der Waals surface area contributed by atoms with Gasteiger partial charge in [0, 0.05) is 11.5 Å². The molecule has 1 aromatic carbocycles. The fraction of sp³-hybridized carbons (Fsp3) is 0.500. The fourth-order valence-electron chi connectivity index (χ4n) is 3.53. The molecule has 1 aromatic heterocycles. The minimum atomic E-state index is 0.287. The predicted octanol–water partition coefficient (Wildman–Crippen LogP) is 0.276. The molecule has 0 bridgehead atoms. The maximum atomic E-state index is 9.07. The van der Waals surface area contributed by atoms with Crippen LogP contribution in [0.25, 0.3) is 10.9 Å². The Morgan fingerprint density at radius 1 is 1.09 bits per heavy atom. The molecule has 0 saturated carbocycles. The van der Waals surface area contributed by atoms with Gasteiger partial charge in [0.15, 0.2) is 0 Å². The number of hydrogen-bond donors (Lipinski definition) is 2. The molecule has 4 nitrogen and oxygen atoms in total. The van der Waals surface area contributed by atoms with Gasteiger partial charge in [-0.25, -0.2) is 4.98 Å². The summed E-state index contributed by atoms with van der Waals surface area (Å²) in [4.78, 5) is 7.59. The minimum absolute atomic E-state index is 0.287. The molecule has 1 saturated heterocycles. The molecule has 3 N–H and O–H groups in total. The van der Waals surface area contributed by atoms with Crippen LogP contribution in [0.3, 0.4) is 0 Å². The van der Waals surface area contributed by atoms with Crippen LogP contribution in [0.15, 0.2) is 18.2 Å². The van der Waals surface area contributed by atoms with E-state index in [0.29, 0.717) is 0 Å². The summed E-state index contributed by atoms with van der Waals surface area (Å²) in [6.45, 7) is 12.0. The maximum Gasteiger partial charge on any atom is 0.275 e. The van der Waals surface area contributed by atoms with E-state index in [2.05, 4.69) is 48.9 Å². The third kappa shape index (κ3) is 2.94. The summed E-state index contributed by atoms with van der Waals surface area (Å²) in [6, 6.07) is 6.78. The first-order valence-corrected chi connectivity index (χ1v) is 8.22. The third-order valence-corrected chi connectivity index (χ3v) is 4.79. The Morgan fingerprint density at radius 2 is 1.82 bits per heavy atom. The van der Waals surface area contributed by atoms with Gasteiger partial charge >= 0.3 is 0 Å². The minimum Gasteiger partial charge on any atom is -0.391 e. The highest BCUT2D eigenvalue weighted by molar-refractivity contribution is 5.83. The highest BCUT2D eigenvalue weighted by Gasteiger charge is 2.26. The van der Waals surface area contributed by atoms with Gasteiger partial charge in [0.2, 0.25) is 0 Å². The van der Waals surface area contributed by atoms with Crippen molar-refractivity contribution in [3.63, 3.8) is 0 Å². The number of piperazine rings is 1. The summed E-state index contributed by atoms with van der Waals surface area (Å²) >= 11 is 0. The van der Waals surface area contributed by atoms with Gasteiger partial charge in [-0.1, -0.05) is 6.07 Å². The average Bonchev–Trinajstić information content (AvgIpc) is 2.49. The van der Waals surface area contributed by atoms with Crippen LogP contribution in [0.5, 0.6) is 0 Å². The molecule has 3 rings (SSSR count). The predicted molar refractivity (Wildman–Crippen MR) is 89.6 cm³/mol. The van der Waals surface area contributed by atoms with Crippen LogP contribution in [-0.4, -0.2) is 44.4 Å². The number of hydrogen-bond acceptors (Lipinski definition) is 2. The van der Waals surface area contributed by atoms with Crippen molar-refractivity contribution in [3.8, 4) is 0 Å². The van der Waals surface area contributed by atoms with Gasteiger partial charge in [-0.2, -0.15) is 0 Å². The second kappa shape index (κ2) is 6.23. The fourth-order valence-corrected chi connectivity index (χ4v) is 3.53. The standard InChI is InChI=1S/C18H25N3O/c1-13-10-15(3)18-16(11-13)14(2)12-17(19-18)21-6-4-20(5-7-21)8-9-22/h10-12,22H,4-9H2,1-3H3/p+2. The number of aryl methyl sites for hydroxylation is 3. The van der Waals surface area contributed by atoms with Crippen LogP contribution in [-0.2, 0) is 0 Å². The first-order valence-electron chi connectivity index (χ1n) is 8.22. The Kier molecular flexibility index (Phi) is 4.32. The smallest absolute Gasteiger partial charge is 0.275 e. The molecule has 0 amide bonds. The second-order valence-electron chi connectivity index (χ2n) is 6.55. The zero-order valence-electron chi connectivity index (χ0n) is 13.9. The zero-order valence-corrected chi connectivity index (χ0v) is 13.9. The van der Waals surface area contributed by atoms with Crippen molar-refractivity contribution in [2.45, 2.75) is 20.8 Å². The van der Waals surface area contributed by atoms with Gasteiger partial charge in [0.05, 0.1) is 6.61 Å². The number of aromatic nitrogens is 1. The number of anilines is 1. The monoisotopic (exact) mass is 301 g/mol. The van der Waals surface area contributed by atoms with E-state index in [0.717, 1.165) is 32.7 Å². The van der Waals surface area contributed by atoms with Gasteiger partial charge in [-0.05, 0) is 43.5 Å². The number of quaternary nitrogens is 1. The van der Waals surface area contributed by atoms with E-state index in [1.54, 1.807) is 0 Å². The van der Waals surface area contributed by atoms with Crippen LogP contribution >= 0.6 is 0 Å². The van der Waals surface area contributed by atoms with E-state index in [1.807, 2.05) is 0 Å². The molecule has 2 aromatic rings. The molecule has 0 aliphatic carbocycles. The van der Waals surface area contributed by atoms with Gasteiger partial charge in [0.25, 0.3) is 5.82 Å². The molecule has 0 spiro atoms. The van der Waals surface area contributed by atoms with Crippen LogP contribution in [0.1, 0.15) is 16.7 Å². The largest absolute Gasteiger partial charge is 0.391 e. The van der Waals surface area contributed by atoms with Crippen LogP contribution in [0.4, 0.5) is 5.82 Å². The number of nitrogens with one attached hydrogen (secondary N) is 2. The quantitative estimate of drug-likeness (QED) is 0.855. The van der Waals surface area contributed by atoms with Gasteiger partial charge < -0.3 is 10.0 Å². The van der Waals surface area contributed by atoms with Gasteiger partial charge in [0.1, 0.15) is 38.2 Å². The Balaban J connectivity index is 1.89. The van der Waals surface area contributed by atoms with Crippen molar-refractivity contribution in [1.82, 2.24) is 0 Å². The summed E-state index contributed by atoms with van der Waals surface area (Å²) < 4.78 is 0. The lowest BCUT2D eigenvalue weighted by molar-refractivity contribution is -0.901. The number of H-pyrrole nitrogens is 1. The van der Waals surface area contributed by atoms with E-state index >= 15 is 0 Å². The number of aliphatic hydroxyl groups is 1. The summed E-state index contributed by atoms with van der Waals surface area (Å²) in [5.74, 6) is 1.22. The number of aromatic amines is 1. The molecule has 1 fully saturated rings. The van der Waals surface area contributed by atoms with Crippen LogP contribution in [0, 0.1) is 20.8 Å². The van der Waals surface area contributed by atoms with E-state index in [4.69, 9.17) is 5.11 Å². The van der Waals surface area contributed by atoms with Crippen LogP contribution < -0.4 is 14.8 Å². The summed E-state index contributed by atoms with van der Waals surface area (Å²) in [5, 5.41) is 10.4. The summed E-state index contributed by atoms with van der Waals surface area (Å²) in [6.07, 6.45) is 0. The third-order valence-electron chi connectivity index (χ3n) is 4.79. The lowest BCUT2D eigenvalue weighted by atomic mass is 10.0. The maximum absolute atomic E-state index is 9.07. The molecule has 0 radical (unpaired) electrons. The number of benzene rings is 1. The Hall–Kier alpha value is -1.65. The van der Waals surface area contributed by atoms with Crippen molar-refractivity contribution in [3.05, 3.63) is 34.9 Å². The van der Waals surface area contributed by atoms with Crippen molar-refractivity contribution >= 4 is 16.7 Å². The van der Waals surface area contributed by atoms with Crippen molar-refractivity contribution < 1.29 is 15.0 Å². The van der Waals surface area contributed by atoms with E-state index in [9.17, 15) is 0 Å². The van der Waals surface area contributed by atoms with E-state index < -0.39 is 0 Å². The van der Waals surface area contributed by atoms with E-state index in [-0.39, 0.29) is 6.61 Å². The van der Waals surface area contributed by atoms with Gasteiger partial charge in [-0.3, -0.25) is 4.90 Å². The topological polar surface area (TPSA) is 42.1 Å². The molecular formula is C18H27N3O+2. The number of nitrogens with zero attached hydrogens (tertiary/aromatic N) is 1. The Bertz CT molecular complexity index is 676. The normalized spacial score (nSPS) is 16.5. The first kappa shape index (κ1) is 15.3. The molecule has 1 aliphatic rings. The Morgan fingerprint density at radius 3 is 2.50 bits per heavy atom. The molecule has 0 unspecified atom stereocenters. The SMILES string of the molecule is Cc1cc(C)c2[nH+]c(N3CC[NH+](CCO)CC3)cc(C)c2c1. The van der Waals surface area contributed by atoms with Crippen molar-refractivity contribution in [2.24, 2.45) is 0 Å². The molecule has 118 valence electrons. The highest BCUT2D eigenvalue weighted by Crippen LogP contribution is 2.23. The van der Waals surface area contributed by atoms with Crippen LogP contribution in [0.2, 0.25) is 0 Å². The number of pyridine rings is 1. The molecule has 2 heterocycles. The van der Waals surface area contributed by atoms with Gasteiger partial charge in [-0.15, -0.1) is 0 Å². The Labute approximate surface area is 132 Å². The second-order valence-corrected chi connectivity index (χ2v) is 6.55. The molecular weight excluding hydrogens is 274 g/mol. The lowest BCUT2D eigenvalue weighted by Crippen LogP contribution is -3.15. The van der Waals surface area contributed by atoms with Crippen molar-refractivity contribution in [2.75, 3.05) is 44.2 Å². The molecule has 4 heteroatoms. The lowest BCUT2D eigenvalue weighted by Gasteiger charge is -2.28. The average molecular weight is 301 g/mol. The molecule has 0 atom stereocenters. The summed E-state index contributed by atoms with van der Waals surface area (Å²) in [5.41, 5.74) is 5.21. The number of fused-ring (bicyclic) bond motifs is 1. The number of rotatable bonds is 3. The highest BCUT2D eigenvalue weighted by atomic mass is 16.3. The molecule has 22 heavy (non-hydrogen) atoms.